The second-order valence-electron chi connectivity index (χ2n) is 10.1. The van der Waals surface area contributed by atoms with E-state index in [2.05, 4.69) is 113 Å². The van der Waals surface area contributed by atoms with E-state index in [-0.39, 0.29) is 0 Å². The number of aromatic nitrogens is 2. The first-order valence-electron chi connectivity index (χ1n) is 12.3. The predicted molar refractivity (Wildman–Crippen MR) is 149 cm³/mol. The van der Waals surface area contributed by atoms with Gasteiger partial charge in [0, 0.05) is 16.3 Å². The van der Waals surface area contributed by atoms with Crippen molar-refractivity contribution in [2.24, 2.45) is 0 Å². The molecule has 0 amide bonds. The average Bonchev–Trinajstić information content (AvgIpc) is 3.23. The first kappa shape index (κ1) is 21.6. The third kappa shape index (κ3) is 3.28. The lowest BCUT2D eigenvalue weighted by atomic mass is 9.92. The molecule has 4 aromatic carbocycles. The summed E-state index contributed by atoms with van der Waals surface area (Å²) in [5.41, 5.74) is 15.0. The summed E-state index contributed by atoms with van der Waals surface area (Å²) in [7, 11) is 0. The summed E-state index contributed by atoms with van der Waals surface area (Å²) < 4.78 is 2.36. The summed E-state index contributed by atoms with van der Waals surface area (Å²) in [6, 6.07) is 24.7. The molecule has 0 saturated heterocycles. The molecule has 35 heavy (non-hydrogen) atoms. The van der Waals surface area contributed by atoms with Crippen molar-refractivity contribution in [3.8, 4) is 22.4 Å². The number of aryl methyl sites for hydroxylation is 6. The second-order valence-corrected chi connectivity index (χ2v) is 10.1. The summed E-state index contributed by atoms with van der Waals surface area (Å²) in [5.74, 6) is 0. The smallest absolute Gasteiger partial charge is 0.145 e. The molecule has 0 aliphatic rings. The number of imidazole rings is 1. The van der Waals surface area contributed by atoms with Gasteiger partial charge >= 0.3 is 0 Å². The molecule has 0 spiro atoms. The van der Waals surface area contributed by atoms with Gasteiger partial charge in [0.1, 0.15) is 5.65 Å². The van der Waals surface area contributed by atoms with Crippen molar-refractivity contribution < 1.29 is 0 Å². The molecule has 0 bridgehead atoms. The summed E-state index contributed by atoms with van der Waals surface area (Å²) in [6.07, 6.45) is 2.05. The highest BCUT2D eigenvalue weighted by atomic mass is 15.0. The van der Waals surface area contributed by atoms with E-state index in [1.807, 2.05) is 6.20 Å². The van der Waals surface area contributed by atoms with Crippen LogP contribution in [0.25, 0.3) is 49.7 Å². The van der Waals surface area contributed by atoms with Crippen molar-refractivity contribution in [1.29, 1.82) is 0 Å². The van der Waals surface area contributed by atoms with Gasteiger partial charge in [0.15, 0.2) is 0 Å². The predicted octanol–water partition coefficient (Wildman–Crippen LogP) is 8.83. The summed E-state index contributed by atoms with van der Waals surface area (Å²) in [4.78, 5) is 4.96. The van der Waals surface area contributed by atoms with Crippen LogP contribution in [0.1, 0.15) is 33.4 Å². The standard InChI is InChI=1S/C33H30N2/c1-19-13-21(3)31(22(4)14-19)25-11-12-29-28(17-25)26-9-7-8-10-27(26)33-34-18-30(35(29)33)32-23(5)15-20(2)16-24(32)6/h7-18H,1-6H3. The Balaban J connectivity index is 1.75. The number of rotatable bonds is 2. The van der Waals surface area contributed by atoms with Crippen LogP contribution >= 0.6 is 0 Å². The number of benzene rings is 4. The number of fused-ring (bicyclic) bond motifs is 6. The molecular formula is C33H30N2. The van der Waals surface area contributed by atoms with Gasteiger partial charge in [-0.1, -0.05) is 65.7 Å². The maximum Gasteiger partial charge on any atom is 0.145 e. The molecule has 2 aromatic heterocycles. The molecule has 6 rings (SSSR count). The van der Waals surface area contributed by atoms with Crippen LogP contribution in [0.3, 0.4) is 0 Å². The highest BCUT2D eigenvalue weighted by Gasteiger charge is 2.18. The molecule has 172 valence electrons. The van der Waals surface area contributed by atoms with E-state index in [1.54, 1.807) is 0 Å². The van der Waals surface area contributed by atoms with E-state index >= 15 is 0 Å². The number of pyridine rings is 1. The van der Waals surface area contributed by atoms with Crippen LogP contribution in [0.2, 0.25) is 0 Å². The fourth-order valence-electron chi connectivity index (χ4n) is 6.20. The zero-order valence-corrected chi connectivity index (χ0v) is 21.3. The maximum atomic E-state index is 4.96. The van der Waals surface area contributed by atoms with E-state index in [4.69, 9.17) is 4.98 Å². The largest absolute Gasteiger partial charge is 0.292 e. The van der Waals surface area contributed by atoms with Crippen molar-refractivity contribution in [3.05, 3.63) is 106 Å². The fourth-order valence-corrected chi connectivity index (χ4v) is 6.20. The minimum Gasteiger partial charge on any atom is -0.292 e. The molecule has 2 nitrogen and oxygen atoms in total. The van der Waals surface area contributed by atoms with Crippen LogP contribution in [0, 0.1) is 41.5 Å². The molecule has 0 radical (unpaired) electrons. The molecule has 2 heteroatoms. The van der Waals surface area contributed by atoms with Crippen molar-refractivity contribution in [2.75, 3.05) is 0 Å². The molecule has 0 fully saturated rings. The minimum atomic E-state index is 1.01. The lowest BCUT2D eigenvalue weighted by molar-refractivity contribution is 1.24. The molecule has 0 unspecified atom stereocenters. The first-order valence-corrected chi connectivity index (χ1v) is 12.3. The van der Waals surface area contributed by atoms with Crippen LogP contribution < -0.4 is 0 Å². The average molecular weight is 455 g/mol. The third-order valence-electron chi connectivity index (χ3n) is 7.36. The van der Waals surface area contributed by atoms with Gasteiger partial charge in [-0.2, -0.15) is 0 Å². The Kier molecular flexibility index (Phi) is 4.82. The molecule has 0 atom stereocenters. The Morgan fingerprint density at radius 1 is 0.571 bits per heavy atom. The van der Waals surface area contributed by atoms with Gasteiger partial charge in [0.2, 0.25) is 0 Å². The zero-order valence-electron chi connectivity index (χ0n) is 21.3. The number of hydrogen-bond donors (Lipinski definition) is 0. The molecule has 0 aliphatic heterocycles. The Morgan fingerprint density at radius 3 is 1.77 bits per heavy atom. The van der Waals surface area contributed by atoms with Gasteiger partial charge in [0.05, 0.1) is 17.4 Å². The first-order chi connectivity index (χ1) is 16.8. The molecule has 0 saturated carbocycles. The third-order valence-corrected chi connectivity index (χ3v) is 7.36. The Labute approximate surface area is 206 Å². The van der Waals surface area contributed by atoms with Gasteiger partial charge in [-0.3, -0.25) is 4.40 Å². The maximum absolute atomic E-state index is 4.96. The lowest BCUT2D eigenvalue weighted by Gasteiger charge is -2.16. The Bertz CT molecular complexity index is 1750. The highest BCUT2D eigenvalue weighted by Crippen LogP contribution is 2.38. The van der Waals surface area contributed by atoms with Crippen LogP contribution in [-0.2, 0) is 0 Å². The van der Waals surface area contributed by atoms with Crippen molar-refractivity contribution in [3.63, 3.8) is 0 Å². The Morgan fingerprint density at radius 2 is 1.14 bits per heavy atom. The van der Waals surface area contributed by atoms with Crippen molar-refractivity contribution >= 4 is 27.3 Å². The van der Waals surface area contributed by atoms with Gasteiger partial charge in [-0.05, 0) is 92.4 Å². The molecule has 2 heterocycles. The molecule has 0 aliphatic carbocycles. The molecular weight excluding hydrogens is 424 g/mol. The monoisotopic (exact) mass is 454 g/mol. The SMILES string of the molecule is Cc1cc(C)c(-c2ccc3c(c2)c2ccccc2c2ncc(-c4c(C)cc(C)cc4C)n32)c(C)c1. The van der Waals surface area contributed by atoms with Crippen molar-refractivity contribution in [1.82, 2.24) is 9.38 Å². The quantitative estimate of drug-likeness (QED) is 0.239. The summed E-state index contributed by atoms with van der Waals surface area (Å²) in [5, 5.41) is 3.68. The number of hydrogen-bond acceptors (Lipinski definition) is 1. The summed E-state index contributed by atoms with van der Waals surface area (Å²) >= 11 is 0. The van der Waals surface area contributed by atoms with Crippen LogP contribution in [0.4, 0.5) is 0 Å². The minimum absolute atomic E-state index is 1.01. The lowest BCUT2D eigenvalue weighted by Crippen LogP contribution is -1.98. The van der Waals surface area contributed by atoms with Crippen LogP contribution in [-0.4, -0.2) is 9.38 Å². The normalized spacial score (nSPS) is 11.7. The van der Waals surface area contributed by atoms with Crippen LogP contribution in [0.5, 0.6) is 0 Å². The zero-order chi connectivity index (χ0) is 24.4. The van der Waals surface area contributed by atoms with E-state index < -0.39 is 0 Å². The van der Waals surface area contributed by atoms with E-state index in [9.17, 15) is 0 Å². The van der Waals surface area contributed by atoms with Crippen LogP contribution in [0.15, 0.2) is 72.9 Å². The Hall–Kier alpha value is -3.91. The molecule has 6 aromatic rings. The number of nitrogens with zero attached hydrogens (tertiary/aromatic N) is 2. The van der Waals surface area contributed by atoms with Crippen molar-refractivity contribution in [2.45, 2.75) is 41.5 Å². The van der Waals surface area contributed by atoms with Gasteiger partial charge < -0.3 is 0 Å². The van der Waals surface area contributed by atoms with Gasteiger partial charge in [-0.15, -0.1) is 0 Å². The van der Waals surface area contributed by atoms with E-state index in [0.717, 1.165) is 11.3 Å². The van der Waals surface area contributed by atoms with E-state index in [0.29, 0.717) is 0 Å². The second kappa shape index (κ2) is 7.81. The van der Waals surface area contributed by atoms with Gasteiger partial charge in [0.25, 0.3) is 0 Å². The van der Waals surface area contributed by atoms with E-state index in [1.165, 1.54) is 71.7 Å². The summed E-state index contributed by atoms with van der Waals surface area (Å²) in [6.45, 7) is 13.2. The van der Waals surface area contributed by atoms with Gasteiger partial charge in [-0.25, -0.2) is 4.98 Å². The highest BCUT2D eigenvalue weighted by molar-refractivity contribution is 6.13. The fraction of sp³-hybridized carbons (Fsp3) is 0.182. The topological polar surface area (TPSA) is 17.3 Å². The molecule has 0 N–H and O–H groups in total.